The Morgan fingerprint density at radius 3 is 2.38 bits per heavy atom. The molecule has 29 heavy (non-hydrogen) atoms. The number of nitrogens with zero attached hydrogens (tertiary/aromatic N) is 1. The first-order chi connectivity index (χ1) is 13.9. The molecule has 0 bridgehead atoms. The molecule has 0 fully saturated rings. The van der Waals surface area contributed by atoms with Crippen LogP contribution in [0.15, 0.2) is 71.1 Å². The van der Waals surface area contributed by atoms with Crippen LogP contribution in [0.2, 0.25) is 0 Å². The van der Waals surface area contributed by atoms with Gasteiger partial charge in [-0.05, 0) is 36.4 Å². The summed E-state index contributed by atoms with van der Waals surface area (Å²) in [5.41, 5.74) is 0.980. The number of sulfonamides is 1. The van der Waals surface area contributed by atoms with Gasteiger partial charge in [0.25, 0.3) is 15.9 Å². The van der Waals surface area contributed by atoms with E-state index in [0.29, 0.717) is 11.3 Å². The summed E-state index contributed by atoms with van der Waals surface area (Å²) in [6.07, 6.45) is 1.59. The normalized spacial score (nSPS) is 10.9. The van der Waals surface area contributed by atoms with Crippen LogP contribution in [0.1, 0.15) is 16.8 Å². The van der Waals surface area contributed by atoms with E-state index in [9.17, 15) is 18.0 Å². The van der Waals surface area contributed by atoms with Crippen LogP contribution in [0.3, 0.4) is 0 Å². The zero-order chi connectivity index (χ0) is 20.7. The molecule has 1 aromatic heterocycles. The van der Waals surface area contributed by atoms with Crippen LogP contribution in [-0.2, 0) is 14.8 Å². The number of hydrogen-bond donors (Lipinski definition) is 3. The summed E-state index contributed by atoms with van der Waals surface area (Å²) in [5, 5.41) is 7.28. The number of amides is 2. The number of carbonyl (C=O) groups is 2. The topological polar surface area (TPSA) is 117 Å². The molecule has 2 aromatic carbocycles. The van der Waals surface area contributed by atoms with Crippen molar-refractivity contribution in [3.8, 4) is 0 Å². The Morgan fingerprint density at radius 2 is 1.72 bits per heavy atom. The molecule has 3 N–H and O–H groups in total. The monoisotopic (exact) mass is 430 g/mol. The lowest BCUT2D eigenvalue weighted by Gasteiger charge is -2.08. The van der Waals surface area contributed by atoms with Gasteiger partial charge in [-0.25, -0.2) is 13.4 Å². The number of carbonyl (C=O) groups excluding carboxylic acids is 2. The highest BCUT2D eigenvalue weighted by Crippen LogP contribution is 2.19. The third-order valence-corrected chi connectivity index (χ3v) is 5.95. The number of aromatic nitrogens is 1. The Labute approximate surface area is 172 Å². The zero-order valence-electron chi connectivity index (χ0n) is 15.2. The number of anilines is 2. The molecule has 0 saturated heterocycles. The second kappa shape index (κ2) is 9.30. The SMILES string of the molecule is O=C(CCNC(=O)c1ccccc1)Nc1ccc(S(=O)(=O)Nc2nccs2)cc1. The van der Waals surface area contributed by atoms with Crippen LogP contribution in [0.4, 0.5) is 10.8 Å². The smallest absolute Gasteiger partial charge is 0.263 e. The van der Waals surface area contributed by atoms with Gasteiger partial charge < -0.3 is 10.6 Å². The minimum absolute atomic E-state index is 0.0563. The van der Waals surface area contributed by atoms with Gasteiger partial charge in [-0.3, -0.25) is 14.3 Å². The van der Waals surface area contributed by atoms with Crippen molar-refractivity contribution in [2.75, 3.05) is 16.6 Å². The molecule has 8 nitrogen and oxygen atoms in total. The van der Waals surface area contributed by atoms with E-state index >= 15 is 0 Å². The number of thiazole rings is 1. The summed E-state index contributed by atoms with van der Waals surface area (Å²) in [5.74, 6) is -0.546. The number of hydrogen-bond acceptors (Lipinski definition) is 6. The van der Waals surface area contributed by atoms with Crippen molar-refractivity contribution in [2.45, 2.75) is 11.3 Å². The molecule has 0 spiro atoms. The van der Waals surface area contributed by atoms with Gasteiger partial charge in [-0.15, -0.1) is 11.3 Å². The molecule has 2 amide bonds. The maximum atomic E-state index is 12.3. The Kier molecular flexibility index (Phi) is 6.57. The van der Waals surface area contributed by atoms with Crippen LogP contribution in [0.5, 0.6) is 0 Å². The lowest BCUT2D eigenvalue weighted by molar-refractivity contribution is -0.116. The lowest BCUT2D eigenvalue weighted by Crippen LogP contribution is -2.27. The maximum Gasteiger partial charge on any atom is 0.263 e. The van der Waals surface area contributed by atoms with Gasteiger partial charge in [0.2, 0.25) is 5.91 Å². The average molecular weight is 431 g/mol. The Hall–Kier alpha value is -3.24. The van der Waals surface area contributed by atoms with Crippen molar-refractivity contribution < 1.29 is 18.0 Å². The number of rotatable bonds is 8. The zero-order valence-corrected chi connectivity index (χ0v) is 16.8. The molecule has 150 valence electrons. The Morgan fingerprint density at radius 1 is 1.00 bits per heavy atom. The second-order valence-electron chi connectivity index (χ2n) is 5.89. The van der Waals surface area contributed by atoms with Crippen molar-refractivity contribution in [2.24, 2.45) is 0 Å². The van der Waals surface area contributed by atoms with Crippen molar-refractivity contribution in [1.82, 2.24) is 10.3 Å². The maximum absolute atomic E-state index is 12.3. The molecule has 1 heterocycles. The molecule has 3 aromatic rings. The summed E-state index contributed by atoms with van der Waals surface area (Å²) in [6.45, 7) is 0.184. The van der Waals surface area contributed by atoms with Gasteiger partial charge in [0.05, 0.1) is 4.90 Å². The van der Waals surface area contributed by atoms with Crippen LogP contribution in [0, 0.1) is 0 Å². The summed E-state index contributed by atoms with van der Waals surface area (Å²) >= 11 is 1.18. The highest BCUT2D eigenvalue weighted by Gasteiger charge is 2.15. The van der Waals surface area contributed by atoms with E-state index in [1.165, 1.54) is 41.8 Å². The van der Waals surface area contributed by atoms with Crippen LogP contribution >= 0.6 is 11.3 Å². The van der Waals surface area contributed by atoms with Crippen molar-refractivity contribution in [3.63, 3.8) is 0 Å². The Balaban J connectivity index is 1.49. The second-order valence-corrected chi connectivity index (χ2v) is 8.46. The molecule has 10 heteroatoms. The average Bonchev–Trinajstić information content (AvgIpc) is 3.21. The highest BCUT2D eigenvalue weighted by atomic mass is 32.2. The van der Waals surface area contributed by atoms with E-state index in [1.807, 2.05) is 6.07 Å². The van der Waals surface area contributed by atoms with E-state index in [0.717, 1.165) is 0 Å². The molecule has 0 aliphatic carbocycles. The van der Waals surface area contributed by atoms with E-state index in [-0.39, 0.29) is 34.8 Å². The fourth-order valence-electron chi connectivity index (χ4n) is 2.37. The van der Waals surface area contributed by atoms with Crippen LogP contribution < -0.4 is 15.4 Å². The van der Waals surface area contributed by atoms with E-state index in [1.54, 1.807) is 29.6 Å². The van der Waals surface area contributed by atoms with Crippen molar-refractivity contribution in [1.29, 1.82) is 0 Å². The summed E-state index contributed by atoms with van der Waals surface area (Å²) in [6, 6.07) is 14.5. The van der Waals surface area contributed by atoms with Gasteiger partial charge in [0.15, 0.2) is 5.13 Å². The van der Waals surface area contributed by atoms with Gasteiger partial charge >= 0.3 is 0 Å². The standard InChI is InChI=1S/C19H18N4O4S2/c24-17(10-11-20-18(25)14-4-2-1-3-5-14)22-15-6-8-16(9-7-15)29(26,27)23-19-21-12-13-28-19/h1-9,12-13H,10-11H2,(H,20,25)(H,21,23)(H,22,24). The minimum Gasteiger partial charge on any atom is -0.352 e. The number of benzene rings is 2. The summed E-state index contributed by atoms with van der Waals surface area (Å²) in [7, 11) is -3.74. The minimum atomic E-state index is -3.74. The fourth-order valence-corrected chi connectivity index (χ4v) is 4.16. The molecule has 0 unspecified atom stereocenters. The molecule has 0 saturated carbocycles. The Bertz CT molecular complexity index is 1070. The van der Waals surface area contributed by atoms with E-state index < -0.39 is 10.0 Å². The summed E-state index contributed by atoms with van der Waals surface area (Å²) < 4.78 is 26.9. The molecule has 0 aliphatic rings. The highest BCUT2D eigenvalue weighted by molar-refractivity contribution is 7.93. The number of nitrogens with one attached hydrogen (secondary N) is 3. The molecule has 3 rings (SSSR count). The first-order valence-electron chi connectivity index (χ1n) is 8.59. The molecule has 0 radical (unpaired) electrons. The first-order valence-corrected chi connectivity index (χ1v) is 11.0. The van der Waals surface area contributed by atoms with Crippen molar-refractivity contribution >= 4 is 44.0 Å². The molecular formula is C19H18N4O4S2. The lowest BCUT2D eigenvalue weighted by atomic mass is 10.2. The van der Waals surface area contributed by atoms with Crippen molar-refractivity contribution in [3.05, 3.63) is 71.7 Å². The molecule has 0 aliphatic heterocycles. The quantitative estimate of drug-likeness (QED) is 0.508. The predicted molar refractivity (Wildman–Crippen MR) is 111 cm³/mol. The third-order valence-electron chi connectivity index (χ3n) is 3.78. The molecular weight excluding hydrogens is 412 g/mol. The van der Waals surface area contributed by atoms with Crippen LogP contribution in [0.25, 0.3) is 0 Å². The van der Waals surface area contributed by atoms with Gasteiger partial charge in [0.1, 0.15) is 0 Å². The van der Waals surface area contributed by atoms with Crippen LogP contribution in [-0.4, -0.2) is 31.8 Å². The van der Waals surface area contributed by atoms with E-state index in [4.69, 9.17) is 0 Å². The molecule has 0 atom stereocenters. The predicted octanol–water partition coefficient (Wildman–Crippen LogP) is 2.70. The van der Waals surface area contributed by atoms with Gasteiger partial charge in [-0.1, -0.05) is 18.2 Å². The summed E-state index contributed by atoms with van der Waals surface area (Å²) in [4.78, 5) is 27.9. The fraction of sp³-hybridized carbons (Fsp3) is 0.105. The first kappa shape index (κ1) is 20.5. The largest absolute Gasteiger partial charge is 0.352 e. The van der Waals surface area contributed by atoms with Gasteiger partial charge in [-0.2, -0.15) is 0 Å². The van der Waals surface area contributed by atoms with Gasteiger partial charge in [0, 0.05) is 35.8 Å². The van der Waals surface area contributed by atoms with E-state index in [2.05, 4.69) is 20.3 Å². The third kappa shape index (κ3) is 5.87.